The summed E-state index contributed by atoms with van der Waals surface area (Å²) in [6.45, 7) is 3.52. The van der Waals surface area contributed by atoms with Crippen LogP contribution in [0.25, 0.3) is 0 Å². The lowest BCUT2D eigenvalue weighted by molar-refractivity contribution is -0.148. The number of carbonyl (C=O) groups is 2. The first-order valence-electron chi connectivity index (χ1n) is 13.0. The molecule has 216 valence electrons. The first-order chi connectivity index (χ1) is 19.9. The van der Waals surface area contributed by atoms with Gasteiger partial charge in [0.2, 0.25) is 5.91 Å². The number of benzene rings is 2. The average molecular weight is 597 g/mol. The Morgan fingerprint density at radius 2 is 1.73 bits per heavy atom. The summed E-state index contributed by atoms with van der Waals surface area (Å²) in [5.74, 6) is -0.127. The number of H-pyrrole nitrogens is 1. The largest absolute Gasteiger partial charge is 0.449 e. The van der Waals surface area contributed by atoms with Crippen LogP contribution in [0.3, 0.4) is 0 Å². The summed E-state index contributed by atoms with van der Waals surface area (Å²) < 4.78 is 6.39. The molecule has 2 aromatic carbocycles. The molecule has 3 N–H and O–H groups in total. The Kier molecular flexibility index (Phi) is 11.0. The van der Waals surface area contributed by atoms with Crippen molar-refractivity contribution in [3.8, 4) is 0 Å². The third-order valence-corrected chi connectivity index (χ3v) is 8.19. The molecule has 3 heterocycles. The Labute approximate surface area is 245 Å². The van der Waals surface area contributed by atoms with Crippen LogP contribution in [-0.4, -0.2) is 66.6 Å². The van der Waals surface area contributed by atoms with Gasteiger partial charge in [0.15, 0.2) is 5.16 Å². The predicted octanol–water partition coefficient (Wildman–Crippen LogP) is 1.90. The number of aromatic amines is 1. The van der Waals surface area contributed by atoms with Gasteiger partial charge in [-0.2, -0.15) is 4.98 Å². The summed E-state index contributed by atoms with van der Waals surface area (Å²) in [4.78, 5) is 53.4. The number of aromatic nitrogens is 3. The van der Waals surface area contributed by atoms with Gasteiger partial charge in [0.1, 0.15) is 11.6 Å². The molecular formula is C28H32N6O5S2. The number of aryl methyl sites for hydroxylation is 1. The average Bonchev–Trinajstić information content (AvgIpc) is 2.96. The molecule has 0 bridgehead atoms. The third-order valence-electron chi connectivity index (χ3n) is 6.21. The lowest BCUT2D eigenvalue weighted by Crippen LogP contribution is -2.53. The van der Waals surface area contributed by atoms with Crippen molar-refractivity contribution in [2.45, 2.75) is 30.0 Å². The van der Waals surface area contributed by atoms with Crippen molar-refractivity contribution >= 4 is 35.4 Å². The summed E-state index contributed by atoms with van der Waals surface area (Å²) >= 11 is 2.58. The maximum absolute atomic E-state index is 12.1. The van der Waals surface area contributed by atoms with Crippen LogP contribution in [0.5, 0.6) is 0 Å². The van der Waals surface area contributed by atoms with E-state index in [1.165, 1.54) is 27.8 Å². The second-order valence-electron chi connectivity index (χ2n) is 9.21. The molecule has 1 saturated heterocycles. The molecule has 3 aromatic rings. The van der Waals surface area contributed by atoms with Gasteiger partial charge in [-0.05, 0) is 29.0 Å². The highest BCUT2D eigenvalue weighted by atomic mass is 32.2. The second-order valence-corrected chi connectivity index (χ2v) is 11.3. The van der Waals surface area contributed by atoms with E-state index in [1.54, 1.807) is 17.8 Å². The van der Waals surface area contributed by atoms with E-state index >= 15 is 0 Å². The number of carbonyl (C=O) groups excluding carboxylic acids is 2. The Bertz CT molecular complexity index is 1440. The minimum Gasteiger partial charge on any atom is -0.449 e. The highest BCUT2D eigenvalue weighted by Crippen LogP contribution is 2.37. The van der Waals surface area contributed by atoms with E-state index in [2.05, 4.69) is 63.5 Å². The number of β-lactam (4-membered cyclic amide) rings is 1. The number of thioether (sulfide) groups is 2. The molecule has 0 radical (unpaired) electrons. The number of nitrogens with one attached hydrogen (secondary N) is 1. The molecule has 11 nitrogen and oxygen atoms in total. The number of esters is 1. The number of hydrogen-bond acceptors (Lipinski definition) is 10. The van der Waals surface area contributed by atoms with E-state index in [0.717, 1.165) is 31.4 Å². The smallest absolute Gasteiger partial charge is 0.355 e. The molecule has 5 rings (SSSR count). The van der Waals surface area contributed by atoms with E-state index in [-0.39, 0.29) is 28.1 Å². The number of fused-ring (bicyclic) bond motifs is 1. The number of rotatable bonds is 10. The summed E-state index contributed by atoms with van der Waals surface area (Å²) in [6, 6.07) is 21.1. The first-order valence-corrected chi connectivity index (χ1v) is 15.0. The van der Waals surface area contributed by atoms with Crippen LogP contribution in [0.1, 0.15) is 17.5 Å². The number of hydrogen-bond donors (Lipinski definition) is 2. The van der Waals surface area contributed by atoms with Crippen LogP contribution in [-0.2, 0) is 34.5 Å². The monoisotopic (exact) mass is 596 g/mol. The van der Waals surface area contributed by atoms with Gasteiger partial charge in [0.05, 0.1) is 11.8 Å². The minimum atomic E-state index is -0.905. The lowest BCUT2D eigenvalue weighted by atomic mass is 10.1. The predicted molar refractivity (Wildman–Crippen MR) is 159 cm³/mol. The molecule has 0 aliphatic carbocycles. The summed E-state index contributed by atoms with van der Waals surface area (Å²) in [6.07, 6.45) is 2.10. The first kappa shape index (κ1) is 30.3. The molecule has 1 fully saturated rings. The molecule has 0 spiro atoms. The van der Waals surface area contributed by atoms with Crippen molar-refractivity contribution < 1.29 is 14.3 Å². The van der Waals surface area contributed by atoms with Crippen LogP contribution in [0.2, 0.25) is 0 Å². The Morgan fingerprint density at radius 1 is 1.10 bits per heavy atom. The van der Waals surface area contributed by atoms with Crippen molar-refractivity contribution in [3.63, 3.8) is 0 Å². The van der Waals surface area contributed by atoms with Crippen molar-refractivity contribution in [2.75, 3.05) is 24.8 Å². The highest BCUT2D eigenvalue weighted by molar-refractivity contribution is 8.00. The van der Waals surface area contributed by atoms with Gasteiger partial charge in [0, 0.05) is 39.0 Å². The Balaban J connectivity index is 0.000000195. The molecule has 2 aliphatic heterocycles. The van der Waals surface area contributed by atoms with Crippen LogP contribution in [0, 0.1) is 0 Å². The van der Waals surface area contributed by atoms with E-state index in [4.69, 9.17) is 10.5 Å². The zero-order chi connectivity index (χ0) is 29.2. The van der Waals surface area contributed by atoms with Gasteiger partial charge in [0.25, 0.3) is 0 Å². The van der Waals surface area contributed by atoms with Gasteiger partial charge < -0.3 is 10.5 Å². The molecule has 1 aromatic heterocycles. The molecule has 13 heteroatoms. The second kappa shape index (κ2) is 14.8. The van der Waals surface area contributed by atoms with E-state index in [0.29, 0.717) is 18.7 Å². The van der Waals surface area contributed by atoms with E-state index < -0.39 is 17.1 Å². The fourth-order valence-corrected chi connectivity index (χ4v) is 5.98. The lowest BCUT2D eigenvalue weighted by Gasteiger charge is -2.42. The maximum Gasteiger partial charge on any atom is 0.355 e. The van der Waals surface area contributed by atoms with Crippen LogP contribution in [0.15, 0.2) is 87.2 Å². The molecule has 1 atom stereocenters. The molecule has 1 amide bonds. The maximum atomic E-state index is 12.1. The molecule has 0 saturated carbocycles. The van der Waals surface area contributed by atoms with Crippen LogP contribution < -0.4 is 16.9 Å². The van der Waals surface area contributed by atoms with Gasteiger partial charge in [-0.3, -0.25) is 34.0 Å². The van der Waals surface area contributed by atoms with Gasteiger partial charge in [-0.1, -0.05) is 60.7 Å². The van der Waals surface area contributed by atoms with Crippen molar-refractivity contribution in [1.82, 2.24) is 24.6 Å². The van der Waals surface area contributed by atoms with Crippen molar-refractivity contribution in [1.29, 1.82) is 0 Å². The van der Waals surface area contributed by atoms with Crippen molar-refractivity contribution in [2.24, 2.45) is 12.8 Å². The zero-order valence-electron chi connectivity index (χ0n) is 22.6. The topological polar surface area (TPSA) is 144 Å². The van der Waals surface area contributed by atoms with Crippen molar-refractivity contribution in [3.05, 3.63) is 104 Å². The van der Waals surface area contributed by atoms with E-state index in [1.807, 2.05) is 12.1 Å². The summed E-state index contributed by atoms with van der Waals surface area (Å²) in [5.41, 5.74) is 6.90. The number of ether oxygens (including phenoxy) is 1. The summed E-state index contributed by atoms with van der Waals surface area (Å²) in [7, 11) is 1.52. The minimum absolute atomic E-state index is 0.0180. The fourth-order valence-electron chi connectivity index (χ4n) is 4.21. The van der Waals surface area contributed by atoms with E-state index in [9.17, 15) is 19.2 Å². The molecular weight excluding hydrogens is 564 g/mol. The van der Waals surface area contributed by atoms with Gasteiger partial charge >= 0.3 is 17.1 Å². The molecule has 41 heavy (non-hydrogen) atoms. The SMILES string of the molecule is Cn1[nH]c(=O)c(=O)nc1SCOC(=O)C1=CCS[C@@H]2CC(=O)N12.NCCN(Cc1ccccc1)Cc1ccccc1. The summed E-state index contributed by atoms with van der Waals surface area (Å²) in [5, 5.41) is 2.53. The standard InChI is InChI=1S/C16H20N2.C12H12N4O5S2/c17-11-12-18(13-15-7-3-1-4-8-15)14-16-9-5-2-6-10-16;1-15-12(13-9(18)10(19)14-15)23-5-21-11(20)6-2-3-22-8-4-7(17)16(6)8/h1-10H,11-14,17H2;2,8H,3-5H2,1H3,(H,14,19)/t;8-/m.1/s1. The molecule has 2 aliphatic rings. The van der Waals surface area contributed by atoms with Gasteiger partial charge in [-0.15, -0.1) is 11.8 Å². The normalized spacial score (nSPS) is 15.8. The molecule has 0 unspecified atom stereocenters. The Hall–Kier alpha value is -3.65. The zero-order valence-corrected chi connectivity index (χ0v) is 24.2. The Morgan fingerprint density at radius 3 is 2.32 bits per heavy atom. The number of amides is 1. The third kappa shape index (κ3) is 8.43. The van der Waals surface area contributed by atoms with Crippen LogP contribution in [0.4, 0.5) is 0 Å². The number of nitrogens with zero attached hydrogens (tertiary/aromatic N) is 4. The fraction of sp³-hybridized carbons (Fsp3) is 0.321. The highest BCUT2D eigenvalue weighted by Gasteiger charge is 2.43. The van der Waals surface area contributed by atoms with Crippen LogP contribution >= 0.6 is 23.5 Å². The van der Waals surface area contributed by atoms with Gasteiger partial charge in [-0.25, -0.2) is 4.79 Å². The quantitative estimate of drug-likeness (QED) is 0.117. The number of nitrogens with two attached hydrogens (primary N) is 1.